The summed E-state index contributed by atoms with van der Waals surface area (Å²) in [6, 6.07) is 0. The molecule has 0 N–H and O–H groups in total. The minimum absolute atomic E-state index is 0.449. The molecule has 1 saturated heterocycles. The van der Waals surface area contributed by atoms with E-state index in [9.17, 15) is 0 Å². The highest BCUT2D eigenvalue weighted by atomic mass is 16.5. The molecule has 0 aromatic carbocycles. The summed E-state index contributed by atoms with van der Waals surface area (Å²) in [6.45, 7) is 13.7. The van der Waals surface area contributed by atoms with Gasteiger partial charge in [-0.15, -0.1) is 0 Å². The van der Waals surface area contributed by atoms with Crippen LogP contribution >= 0.6 is 0 Å². The molecule has 0 bridgehead atoms. The molecule has 0 aromatic rings. The molecule has 1 rings (SSSR count). The van der Waals surface area contributed by atoms with Gasteiger partial charge < -0.3 is 9.64 Å². The predicted octanol–water partition coefficient (Wildman–Crippen LogP) is 2.86. The van der Waals surface area contributed by atoms with Gasteiger partial charge in [-0.2, -0.15) is 0 Å². The Balaban J connectivity index is 2.17. The Bertz CT molecular complexity index is 223. The molecular weight excluding hydrogens is 236 g/mol. The molecule has 0 aromatic heterocycles. The van der Waals surface area contributed by atoms with Crippen LogP contribution in [-0.2, 0) is 4.74 Å². The summed E-state index contributed by atoms with van der Waals surface area (Å²) >= 11 is 0. The minimum atomic E-state index is 0.449. The third-order valence-corrected chi connectivity index (χ3v) is 4.20. The van der Waals surface area contributed by atoms with E-state index in [2.05, 4.69) is 37.6 Å². The average Bonchev–Trinajstić information content (AvgIpc) is 2.43. The Morgan fingerprint density at radius 1 is 1.37 bits per heavy atom. The first-order chi connectivity index (χ1) is 9.15. The van der Waals surface area contributed by atoms with Crippen LogP contribution in [0.2, 0.25) is 0 Å². The maximum atomic E-state index is 5.90. The van der Waals surface area contributed by atoms with Gasteiger partial charge in [-0.25, -0.2) is 0 Å². The normalized spacial score (nSPS) is 22.9. The van der Waals surface area contributed by atoms with E-state index in [-0.39, 0.29) is 0 Å². The molecule has 0 aliphatic carbocycles. The zero-order chi connectivity index (χ0) is 14.1. The van der Waals surface area contributed by atoms with Crippen molar-refractivity contribution in [3.63, 3.8) is 0 Å². The maximum Gasteiger partial charge on any atom is 0.0714 e. The lowest BCUT2D eigenvalue weighted by molar-refractivity contribution is -0.0353. The highest BCUT2D eigenvalue weighted by Crippen LogP contribution is 2.11. The van der Waals surface area contributed by atoms with Gasteiger partial charge in [0.1, 0.15) is 0 Å². The standard InChI is InChI=1S/C16H34N2O/c1-5-7-9-18-11-12-19-16(14-18)8-10-17(4)13-15(3)6-2/h15-16H,5-14H2,1-4H3/t15?,16-/m0/s1. The van der Waals surface area contributed by atoms with Gasteiger partial charge >= 0.3 is 0 Å². The van der Waals surface area contributed by atoms with Crippen LogP contribution < -0.4 is 0 Å². The van der Waals surface area contributed by atoms with Crippen LogP contribution in [0.4, 0.5) is 0 Å². The van der Waals surface area contributed by atoms with Gasteiger partial charge in [-0.3, -0.25) is 4.90 Å². The van der Waals surface area contributed by atoms with Crippen LogP contribution in [0, 0.1) is 5.92 Å². The van der Waals surface area contributed by atoms with Crippen LogP contribution in [-0.4, -0.2) is 62.3 Å². The minimum Gasteiger partial charge on any atom is -0.376 e. The monoisotopic (exact) mass is 270 g/mol. The molecule has 0 radical (unpaired) electrons. The Hall–Kier alpha value is -0.120. The van der Waals surface area contributed by atoms with Crippen LogP contribution in [0.1, 0.15) is 46.5 Å². The summed E-state index contributed by atoms with van der Waals surface area (Å²) in [7, 11) is 2.24. The quantitative estimate of drug-likeness (QED) is 0.641. The zero-order valence-electron chi connectivity index (χ0n) is 13.5. The number of ether oxygens (including phenoxy) is 1. The first-order valence-electron chi connectivity index (χ1n) is 8.18. The number of hydrogen-bond donors (Lipinski definition) is 0. The van der Waals surface area contributed by atoms with Crippen molar-refractivity contribution in [2.45, 2.75) is 52.6 Å². The second-order valence-corrected chi connectivity index (χ2v) is 6.21. The van der Waals surface area contributed by atoms with E-state index in [0.717, 1.165) is 32.2 Å². The highest BCUT2D eigenvalue weighted by molar-refractivity contribution is 4.73. The number of unbranched alkanes of at least 4 members (excludes halogenated alkanes) is 1. The van der Waals surface area contributed by atoms with Crippen molar-refractivity contribution in [1.82, 2.24) is 9.80 Å². The van der Waals surface area contributed by atoms with Gasteiger partial charge in [-0.1, -0.05) is 33.6 Å². The van der Waals surface area contributed by atoms with Gasteiger partial charge in [0, 0.05) is 26.2 Å². The van der Waals surface area contributed by atoms with Crippen molar-refractivity contribution in [3.05, 3.63) is 0 Å². The lowest BCUT2D eigenvalue weighted by atomic mass is 10.1. The zero-order valence-corrected chi connectivity index (χ0v) is 13.5. The molecule has 3 nitrogen and oxygen atoms in total. The number of hydrogen-bond acceptors (Lipinski definition) is 3. The van der Waals surface area contributed by atoms with E-state index >= 15 is 0 Å². The smallest absolute Gasteiger partial charge is 0.0714 e. The molecule has 0 spiro atoms. The van der Waals surface area contributed by atoms with E-state index < -0.39 is 0 Å². The summed E-state index contributed by atoms with van der Waals surface area (Å²) in [5, 5.41) is 0. The Morgan fingerprint density at radius 2 is 2.16 bits per heavy atom. The van der Waals surface area contributed by atoms with Crippen LogP contribution in [0.25, 0.3) is 0 Å². The van der Waals surface area contributed by atoms with Gasteiger partial charge in [0.25, 0.3) is 0 Å². The molecule has 0 saturated carbocycles. The van der Waals surface area contributed by atoms with Crippen molar-refractivity contribution in [3.8, 4) is 0 Å². The molecular formula is C16H34N2O. The Labute approximate surface area is 120 Å². The third-order valence-electron chi connectivity index (χ3n) is 4.20. The van der Waals surface area contributed by atoms with Crippen molar-refractivity contribution >= 4 is 0 Å². The van der Waals surface area contributed by atoms with Crippen molar-refractivity contribution < 1.29 is 4.74 Å². The van der Waals surface area contributed by atoms with Gasteiger partial charge in [0.2, 0.25) is 0 Å². The number of rotatable bonds is 9. The van der Waals surface area contributed by atoms with Gasteiger partial charge in [0.15, 0.2) is 0 Å². The van der Waals surface area contributed by atoms with Crippen molar-refractivity contribution in [2.24, 2.45) is 5.92 Å². The van der Waals surface area contributed by atoms with Gasteiger partial charge in [0.05, 0.1) is 12.7 Å². The van der Waals surface area contributed by atoms with Crippen molar-refractivity contribution in [2.75, 3.05) is 46.4 Å². The lowest BCUT2D eigenvalue weighted by Gasteiger charge is -2.33. The van der Waals surface area contributed by atoms with E-state index in [1.165, 1.54) is 38.8 Å². The first-order valence-corrected chi connectivity index (χ1v) is 8.18. The molecule has 1 aliphatic heterocycles. The summed E-state index contributed by atoms with van der Waals surface area (Å²) in [5.41, 5.74) is 0. The lowest BCUT2D eigenvalue weighted by Crippen LogP contribution is -2.44. The summed E-state index contributed by atoms with van der Waals surface area (Å²) < 4.78 is 5.90. The fourth-order valence-electron chi connectivity index (χ4n) is 2.66. The van der Waals surface area contributed by atoms with Crippen LogP contribution in [0.5, 0.6) is 0 Å². The summed E-state index contributed by atoms with van der Waals surface area (Å²) in [5.74, 6) is 0.804. The molecule has 1 fully saturated rings. The molecule has 1 aliphatic rings. The second kappa shape index (κ2) is 9.73. The van der Waals surface area contributed by atoms with E-state index in [4.69, 9.17) is 4.74 Å². The summed E-state index contributed by atoms with van der Waals surface area (Å²) in [6.07, 6.45) is 5.51. The van der Waals surface area contributed by atoms with E-state index in [1.54, 1.807) is 0 Å². The average molecular weight is 270 g/mol. The molecule has 2 atom stereocenters. The fourth-order valence-corrected chi connectivity index (χ4v) is 2.66. The summed E-state index contributed by atoms with van der Waals surface area (Å²) in [4.78, 5) is 5.04. The molecule has 0 amide bonds. The van der Waals surface area contributed by atoms with Crippen LogP contribution in [0.15, 0.2) is 0 Å². The van der Waals surface area contributed by atoms with E-state index in [1.807, 2.05) is 0 Å². The van der Waals surface area contributed by atoms with E-state index in [0.29, 0.717) is 6.10 Å². The highest BCUT2D eigenvalue weighted by Gasteiger charge is 2.20. The van der Waals surface area contributed by atoms with Crippen LogP contribution in [0.3, 0.4) is 0 Å². The topological polar surface area (TPSA) is 15.7 Å². The maximum absolute atomic E-state index is 5.90. The van der Waals surface area contributed by atoms with Gasteiger partial charge in [-0.05, 0) is 32.4 Å². The fraction of sp³-hybridized carbons (Fsp3) is 1.00. The molecule has 19 heavy (non-hydrogen) atoms. The first kappa shape index (κ1) is 16.9. The third kappa shape index (κ3) is 7.28. The molecule has 114 valence electrons. The van der Waals surface area contributed by atoms with Crippen molar-refractivity contribution in [1.29, 1.82) is 0 Å². The SMILES string of the molecule is CCCCN1CCO[C@@H](CCN(C)CC(C)CC)C1. The molecule has 3 heteroatoms. The Morgan fingerprint density at radius 3 is 2.84 bits per heavy atom. The largest absolute Gasteiger partial charge is 0.376 e. The number of morpholine rings is 1. The Kier molecular flexibility index (Phi) is 8.67. The molecule has 1 heterocycles. The second-order valence-electron chi connectivity index (χ2n) is 6.21. The number of nitrogens with zero attached hydrogens (tertiary/aromatic N) is 2. The molecule has 1 unspecified atom stereocenters. The predicted molar refractivity (Wildman–Crippen MR) is 82.7 cm³/mol.